The molecule has 0 spiro atoms. The minimum absolute atomic E-state index is 0.0717. The average molecular weight is 289 g/mol. The van der Waals surface area contributed by atoms with Crippen molar-refractivity contribution >= 4 is 16.8 Å². The molecule has 1 aliphatic heterocycles. The molecule has 1 aliphatic rings. The number of piperidine rings is 1. The van der Waals surface area contributed by atoms with Crippen molar-refractivity contribution in [2.75, 3.05) is 13.1 Å². The molecule has 2 heterocycles. The summed E-state index contributed by atoms with van der Waals surface area (Å²) < 4.78 is 18.9. The number of Topliss-reactive ketones (excluding diaryl/α,β-unsaturated/α-hetero) is 1. The summed E-state index contributed by atoms with van der Waals surface area (Å²) in [6, 6.07) is 6.02. The molecule has 3 rings (SSSR count). The van der Waals surface area contributed by atoms with Gasteiger partial charge in [-0.2, -0.15) is 0 Å². The van der Waals surface area contributed by atoms with Gasteiger partial charge in [-0.05, 0) is 56.6 Å². The topological polar surface area (TPSA) is 42.2 Å². The predicted molar refractivity (Wildman–Crippen MR) is 79.9 cm³/mol. The van der Waals surface area contributed by atoms with Gasteiger partial charge in [-0.25, -0.2) is 4.39 Å². The molecular weight excluding hydrogens is 269 g/mol. The first-order valence-corrected chi connectivity index (χ1v) is 7.59. The number of furan rings is 1. The van der Waals surface area contributed by atoms with E-state index in [-0.39, 0.29) is 17.0 Å². The van der Waals surface area contributed by atoms with Gasteiger partial charge in [-0.3, -0.25) is 4.79 Å². The van der Waals surface area contributed by atoms with Crippen molar-refractivity contribution in [3.63, 3.8) is 0 Å². The van der Waals surface area contributed by atoms with E-state index in [1.807, 2.05) is 0 Å². The van der Waals surface area contributed by atoms with Crippen LogP contribution in [-0.2, 0) is 0 Å². The Balaban J connectivity index is 1.97. The molecule has 1 N–H and O–H groups in total. The first kappa shape index (κ1) is 14.3. The monoisotopic (exact) mass is 289 g/mol. The summed E-state index contributed by atoms with van der Waals surface area (Å²) in [5.41, 5.74) is 0.243. The number of fused-ring (bicyclic) bond motifs is 1. The van der Waals surface area contributed by atoms with Gasteiger partial charge in [0.1, 0.15) is 11.4 Å². The van der Waals surface area contributed by atoms with Crippen molar-refractivity contribution in [3.05, 3.63) is 35.8 Å². The Morgan fingerprint density at radius 2 is 2.10 bits per heavy atom. The highest BCUT2D eigenvalue weighted by Gasteiger charge is 2.40. The van der Waals surface area contributed by atoms with Crippen LogP contribution >= 0.6 is 0 Å². The minimum Gasteiger partial charge on any atom is -0.453 e. The number of carbonyl (C=O) groups is 1. The molecule has 0 saturated carbocycles. The van der Waals surface area contributed by atoms with Crippen molar-refractivity contribution < 1.29 is 13.6 Å². The lowest BCUT2D eigenvalue weighted by Crippen LogP contribution is -2.42. The van der Waals surface area contributed by atoms with E-state index in [1.165, 1.54) is 12.1 Å². The number of carbonyl (C=O) groups excluding carboxylic acids is 1. The lowest BCUT2D eigenvalue weighted by atomic mass is 9.71. The van der Waals surface area contributed by atoms with E-state index in [2.05, 4.69) is 12.2 Å². The third-order valence-electron chi connectivity index (χ3n) is 4.47. The van der Waals surface area contributed by atoms with Gasteiger partial charge in [-0.15, -0.1) is 0 Å². The Kier molecular flexibility index (Phi) is 3.81. The van der Waals surface area contributed by atoms with Crippen LogP contribution in [0.2, 0.25) is 0 Å². The molecule has 0 aliphatic carbocycles. The Labute approximate surface area is 123 Å². The highest BCUT2D eigenvalue weighted by atomic mass is 19.1. The van der Waals surface area contributed by atoms with Gasteiger partial charge in [0.25, 0.3) is 0 Å². The minimum atomic E-state index is -0.327. The number of benzene rings is 1. The third-order valence-corrected chi connectivity index (χ3v) is 4.47. The molecule has 1 saturated heterocycles. The van der Waals surface area contributed by atoms with E-state index in [9.17, 15) is 9.18 Å². The van der Waals surface area contributed by atoms with E-state index >= 15 is 0 Å². The van der Waals surface area contributed by atoms with Crippen LogP contribution in [0.15, 0.2) is 28.7 Å². The van der Waals surface area contributed by atoms with Gasteiger partial charge in [0, 0.05) is 10.8 Å². The number of ketones is 1. The molecule has 3 nitrogen and oxygen atoms in total. The van der Waals surface area contributed by atoms with Gasteiger partial charge in [-0.1, -0.05) is 13.3 Å². The lowest BCUT2D eigenvalue weighted by molar-refractivity contribution is 0.0675. The maximum Gasteiger partial charge on any atom is 0.204 e. The highest BCUT2D eigenvalue weighted by molar-refractivity contribution is 6.01. The predicted octanol–water partition coefficient (Wildman–Crippen LogP) is 3.92. The first-order chi connectivity index (χ1) is 10.1. The van der Waals surface area contributed by atoms with Crippen molar-refractivity contribution in [2.24, 2.45) is 5.41 Å². The second kappa shape index (κ2) is 5.60. The SMILES string of the molecule is CCCC1(C(=O)c2cc3cc(F)ccc3o2)CCNCC1. The van der Waals surface area contributed by atoms with Crippen LogP contribution in [0, 0.1) is 11.2 Å². The molecule has 21 heavy (non-hydrogen) atoms. The molecule has 0 amide bonds. The number of rotatable bonds is 4. The first-order valence-electron chi connectivity index (χ1n) is 7.59. The number of hydrogen-bond donors (Lipinski definition) is 1. The molecule has 1 fully saturated rings. The third kappa shape index (κ3) is 2.60. The molecule has 0 atom stereocenters. The lowest BCUT2D eigenvalue weighted by Gasteiger charge is -2.35. The van der Waals surface area contributed by atoms with Gasteiger partial charge in [0.2, 0.25) is 5.78 Å². The van der Waals surface area contributed by atoms with E-state index in [0.29, 0.717) is 16.7 Å². The summed E-state index contributed by atoms with van der Waals surface area (Å²) in [6.45, 7) is 3.83. The zero-order valence-corrected chi connectivity index (χ0v) is 12.2. The van der Waals surface area contributed by atoms with E-state index < -0.39 is 0 Å². The summed E-state index contributed by atoms with van der Waals surface area (Å²) in [5.74, 6) is 0.126. The number of hydrogen-bond acceptors (Lipinski definition) is 3. The fourth-order valence-electron chi connectivity index (χ4n) is 3.36. The van der Waals surface area contributed by atoms with E-state index in [4.69, 9.17) is 4.42 Å². The van der Waals surface area contributed by atoms with Gasteiger partial charge in [0.05, 0.1) is 0 Å². The molecule has 0 radical (unpaired) electrons. The molecule has 1 aromatic carbocycles. The van der Waals surface area contributed by atoms with Crippen LogP contribution < -0.4 is 5.32 Å². The normalized spacial score (nSPS) is 18.0. The summed E-state index contributed by atoms with van der Waals surface area (Å²) in [5, 5.41) is 3.96. The van der Waals surface area contributed by atoms with Gasteiger partial charge >= 0.3 is 0 Å². The molecule has 2 aromatic rings. The van der Waals surface area contributed by atoms with Crippen LogP contribution in [0.4, 0.5) is 4.39 Å². The van der Waals surface area contributed by atoms with E-state index in [0.717, 1.165) is 38.8 Å². The highest BCUT2D eigenvalue weighted by Crippen LogP contribution is 2.38. The summed E-state index contributed by atoms with van der Waals surface area (Å²) in [7, 11) is 0. The smallest absolute Gasteiger partial charge is 0.204 e. The molecule has 0 bridgehead atoms. The second-order valence-electron chi connectivity index (χ2n) is 5.90. The number of halogens is 1. The van der Waals surface area contributed by atoms with Crippen LogP contribution in [-0.4, -0.2) is 18.9 Å². The van der Waals surface area contributed by atoms with Crippen LogP contribution in [0.1, 0.15) is 43.2 Å². The quantitative estimate of drug-likeness (QED) is 0.867. The fraction of sp³-hybridized carbons (Fsp3) is 0.471. The zero-order valence-electron chi connectivity index (χ0n) is 12.2. The summed E-state index contributed by atoms with van der Waals surface area (Å²) in [6.07, 6.45) is 3.52. The Morgan fingerprint density at radius 3 is 2.81 bits per heavy atom. The molecule has 1 aromatic heterocycles. The Hall–Kier alpha value is -1.68. The fourth-order valence-corrected chi connectivity index (χ4v) is 3.36. The molecule has 4 heteroatoms. The second-order valence-corrected chi connectivity index (χ2v) is 5.90. The summed E-state index contributed by atoms with van der Waals surface area (Å²) in [4.78, 5) is 13.0. The standard InChI is InChI=1S/C17H20FNO2/c1-2-5-17(6-8-19-9-7-17)16(20)15-11-12-10-13(18)3-4-14(12)21-15/h3-4,10-11,19H,2,5-9H2,1H3. The maximum absolute atomic E-state index is 13.3. The Bertz CT molecular complexity index is 650. The molecule has 0 unspecified atom stereocenters. The van der Waals surface area contributed by atoms with Crippen LogP contribution in [0.5, 0.6) is 0 Å². The van der Waals surface area contributed by atoms with Gasteiger partial charge in [0.15, 0.2) is 5.76 Å². The zero-order chi connectivity index (χ0) is 14.9. The number of nitrogens with one attached hydrogen (secondary N) is 1. The average Bonchev–Trinajstić information content (AvgIpc) is 2.90. The van der Waals surface area contributed by atoms with Crippen molar-refractivity contribution in [2.45, 2.75) is 32.6 Å². The molecule has 112 valence electrons. The maximum atomic E-state index is 13.3. The van der Waals surface area contributed by atoms with Crippen molar-refractivity contribution in [3.8, 4) is 0 Å². The van der Waals surface area contributed by atoms with Crippen molar-refractivity contribution in [1.29, 1.82) is 0 Å². The Morgan fingerprint density at radius 1 is 1.33 bits per heavy atom. The van der Waals surface area contributed by atoms with Gasteiger partial charge < -0.3 is 9.73 Å². The molecular formula is C17H20FNO2. The van der Waals surface area contributed by atoms with E-state index in [1.54, 1.807) is 12.1 Å². The van der Waals surface area contributed by atoms with Crippen molar-refractivity contribution in [1.82, 2.24) is 5.32 Å². The largest absolute Gasteiger partial charge is 0.453 e. The van der Waals surface area contributed by atoms with Crippen LogP contribution in [0.25, 0.3) is 11.0 Å². The summed E-state index contributed by atoms with van der Waals surface area (Å²) >= 11 is 0. The van der Waals surface area contributed by atoms with Crippen LogP contribution in [0.3, 0.4) is 0 Å².